The lowest BCUT2D eigenvalue weighted by molar-refractivity contribution is -0.186. The van der Waals surface area contributed by atoms with Gasteiger partial charge in [0.05, 0.1) is 17.8 Å². The highest BCUT2D eigenvalue weighted by Gasteiger charge is 2.65. The molecule has 4 rings (SSSR count). The fourth-order valence-electron chi connectivity index (χ4n) is 7.97. The maximum Gasteiger partial charge on any atom is 0.0958 e. The minimum atomic E-state index is -0.900. The van der Waals surface area contributed by atoms with Gasteiger partial charge in [-0.3, -0.25) is 0 Å². The Morgan fingerprint density at radius 1 is 0.917 bits per heavy atom. The average molecular weight is 337 g/mol. The third-order valence-electron chi connectivity index (χ3n) is 9.54. The van der Waals surface area contributed by atoms with E-state index in [9.17, 15) is 15.3 Å². The van der Waals surface area contributed by atoms with Crippen molar-refractivity contribution in [2.24, 2.45) is 34.5 Å². The van der Waals surface area contributed by atoms with Crippen LogP contribution in [0.4, 0.5) is 0 Å². The first-order valence-electron chi connectivity index (χ1n) is 10.3. The molecule has 4 saturated carbocycles. The van der Waals surface area contributed by atoms with Crippen molar-refractivity contribution in [1.82, 2.24) is 0 Å². The summed E-state index contributed by atoms with van der Waals surface area (Å²) in [5, 5.41) is 31.7. The number of fused-ring (bicyclic) bond motifs is 5. The van der Waals surface area contributed by atoms with Crippen LogP contribution < -0.4 is 0 Å². The minimum Gasteiger partial charge on any atom is -0.393 e. The first-order valence-corrected chi connectivity index (χ1v) is 10.3. The monoisotopic (exact) mass is 336 g/mol. The Bertz CT molecular complexity index is 505. The molecular weight excluding hydrogens is 300 g/mol. The number of hydrogen-bond acceptors (Lipinski definition) is 3. The molecule has 4 aliphatic carbocycles. The predicted octanol–water partition coefficient (Wildman–Crippen LogP) is 3.50. The summed E-state index contributed by atoms with van der Waals surface area (Å²) in [5.41, 5.74) is -0.641. The maximum absolute atomic E-state index is 11.3. The SMILES string of the molecule is C[C@@H](O)[C@@]1(O)CC[C@H]2[C@@H]3CC[C@@H]4C[C@H](O)CC[C@]4(C)[C@H]3CC[C@@]21C. The zero-order chi connectivity index (χ0) is 17.3. The number of hydrogen-bond donors (Lipinski definition) is 3. The van der Waals surface area contributed by atoms with Crippen LogP contribution in [-0.2, 0) is 0 Å². The second kappa shape index (κ2) is 5.44. The van der Waals surface area contributed by atoms with Crippen molar-refractivity contribution in [2.45, 2.75) is 96.4 Å². The summed E-state index contributed by atoms with van der Waals surface area (Å²) in [6.45, 7) is 6.53. The van der Waals surface area contributed by atoms with Gasteiger partial charge in [0.25, 0.3) is 0 Å². The normalized spacial score (nSPS) is 58.5. The van der Waals surface area contributed by atoms with Crippen molar-refractivity contribution in [3.63, 3.8) is 0 Å². The molecule has 0 heterocycles. The van der Waals surface area contributed by atoms with E-state index in [0.717, 1.165) is 38.0 Å². The molecule has 0 spiro atoms. The standard InChI is InChI=1S/C21H36O3/c1-13(22)21(24)11-8-18-16-5-4-14-12-15(23)6-9-19(14,2)17(16)7-10-20(18,21)3/h13-18,22-24H,4-12H2,1-3H3/t13-,14-,15-,16-,17+,18+,19+,20+,21+/m1/s1. The fourth-order valence-corrected chi connectivity index (χ4v) is 7.97. The van der Waals surface area contributed by atoms with E-state index < -0.39 is 11.7 Å². The van der Waals surface area contributed by atoms with Crippen LogP contribution in [-0.4, -0.2) is 33.1 Å². The van der Waals surface area contributed by atoms with Gasteiger partial charge in [0, 0.05) is 5.41 Å². The summed E-state index contributed by atoms with van der Waals surface area (Å²) in [5.74, 6) is 2.69. The average Bonchev–Trinajstić information content (AvgIpc) is 2.81. The Balaban J connectivity index is 1.63. The molecule has 0 aliphatic heterocycles. The van der Waals surface area contributed by atoms with Gasteiger partial charge < -0.3 is 15.3 Å². The van der Waals surface area contributed by atoms with Gasteiger partial charge in [0.1, 0.15) is 0 Å². The van der Waals surface area contributed by atoms with Gasteiger partial charge >= 0.3 is 0 Å². The lowest BCUT2D eigenvalue weighted by Gasteiger charge is -2.61. The third-order valence-corrected chi connectivity index (χ3v) is 9.54. The molecule has 4 aliphatic rings. The van der Waals surface area contributed by atoms with Crippen LogP contribution in [0.1, 0.15) is 78.6 Å². The molecule has 3 heteroatoms. The molecule has 9 atom stereocenters. The molecule has 0 aromatic rings. The summed E-state index contributed by atoms with van der Waals surface area (Å²) >= 11 is 0. The molecule has 0 unspecified atom stereocenters. The van der Waals surface area contributed by atoms with E-state index in [1.54, 1.807) is 6.92 Å². The van der Waals surface area contributed by atoms with Gasteiger partial charge in [-0.2, -0.15) is 0 Å². The highest BCUT2D eigenvalue weighted by molar-refractivity contribution is 5.15. The second-order valence-corrected chi connectivity index (χ2v) is 10.2. The predicted molar refractivity (Wildman–Crippen MR) is 94.4 cm³/mol. The summed E-state index contributed by atoms with van der Waals surface area (Å²) < 4.78 is 0. The quantitative estimate of drug-likeness (QED) is 0.687. The number of aliphatic hydroxyl groups excluding tert-OH is 2. The van der Waals surface area contributed by atoms with Crippen LogP contribution >= 0.6 is 0 Å². The Labute approximate surface area is 146 Å². The summed E-state index contributed by atoms with van der Waals surface area (Å²) in [6.07, 6.45) is 8.99. The molecule has 0 saturated heterocycles. The van der Waals surface area contributed by atoms with Gasteiger partial charge in [0.2, 0.25) is 0 Å². The molecule has 0 aromatic carbocycles. The van der Waals surface area contributed by atoms with Crippen LogP contribution in [0.5, 0.6) is 0 Å². The summed E-state index contributed by atoms with van der Waals surface area (Å²) in [6, 6.07) is 0. The van der Waals surface area contributed by atoms with E-state index in [1.807, 2.05) is 0 Å². The van der Waals surface area contributed by atoms with Gasteiger partial charge in [-0.05, 0) is 93.8 Å². The van der Waals surface area contributed by atoms with Crippen molar-refractivity contribution in [2.75, 3.05) is 0 Å². The first kappa shape index (κ1) is 17.3. The van der Waals surface area contributed by atoms with E-state index in [0.29, 0.717) is 23.2 Å². The molecule has 0 aromatic heterocycles. The minimum absolute atomic E-state index is 0.0831. The molecule has 4 fully saturated rings. The van der Waals surface area contributed by atoms with Crippen molar-refractivity contribution in [3.8, 4) is 0 Å². The molecule has 3 N–H and O–H groups in total. The van der Waals surface area contributed by atoms with Crippen LogP contribution in [0.15, 0.2) is 0 Å². The maximum atomic E-state index is 11.3. The lowest BCUT2D eigenvalue weighted by atomic mass is 9.44. The second-order valence-electron chi connectivity index (χ2n) is 10.2. The largest absolute Gasteiger partial charge is 0.393 e. The Kier molecular flexibility index (Phi) is 3.92. The Hall–Kier alpha value is -0.120. The molecule has 3 nitrogen and oxygen atoms in total. The molecular formula is C21H36O3. The molecule has 0 bridgehead atoms. The molecule has 0 amide bonds. The summed E-state index contributed by atoms with van der Waals surface area (Å²) in [7, 11) is 0. The van der Waals surface area contributed by atoms with Crippen LogP contribution in [0.3, 0.4) is 0 Å². The van der Waals surface area contributed by atoms with E-state index in [4.69, 9.17) is 0 Å². The van der Waals surface area contributed by atoms with Gasteiger partial charge in [0.15, 0.2) is 0 Å². The van der Waals surface area contributed by atoms with Crippen molar-refractivity contribution in [3.05, 3.63) is 0 Å². The van der Waals surface area contributed by atoms with Crippen LogP contribution in [0, 0.1) is 34.5 Å². The smallest absolute Gasteiger partial charge is 0.0958 e. The molecule has 0 radical (unpaired) electrons. The van der Waals surface area contributed by atoms with Crippen molar-refractivity contribution in [1.29, 1.82) is 0 Å². The van der Waals surface area contributed by atoms with Gasteiger partial charge in [-0.15, -0.1) is 0 Å². The molecule has 24 heavy (non-hydrogen) atoms. The van der Waals surface area contributed by atoms with E-state index >= 15 is 0 Å². The number of aliphatic hydroxyl groups is 3. The Morgan fingerprint density at radius 2 is 1.62 bits per heavy atom. The van der Waals surface area contributed by atoms with E-state index in [2.05, 4.69) is 13.8 Å². The van der Waals surface area contributed by atoms with Crippen LogP contribution in [0.2, 0.25) is 0 Å². The van der Waals surface area contributed by atoms with Gasteiger partial charge in [-0.1, -0.05) is 13.8 Å². The zero-order valence-corrected chi connectivity index (χ0v) is 15.7. The highest BCUT2D eigenvalue weighted by atomic mass is 16.3. The van der Waals surface area contributed by atoms with E-state index in [1.165, 1.54) is 25.7 Å². The third kappa shape index (κ3) is 2.07. The highest BCUT2D eigenvalue weighted by Crippen LogP contribution is 2.68. The van der Waals surface area contributed by atoms with Crippen molar-refractivity contribution >= 4 is 0 Å². The Morgan fingerprint density at radius 3 is 2.33 bits per heavy atom. The van der Waals surface area contributed by atoms with Crippen molar-refractivity contribution < 1.29 is 15.3 Å². The summed E-state index contributed by atoms with van der Waals surface area (Å²) in [4.78, 5) is 0. The van der Waals surface area contributed by atoms with E-state index in [-0.39, 0.29) is 11.5 Å². The number of rotatable bonds is 1. The molecule has 138 valence electrons. The lowest BCUT2D eigenvalue weighted by Crippen LogP contribution is -2.59. The van der Waals surface area contributed by atoms with Gasteiger partial charge in [-0.25, -0.2) is 0 Å². The first-order chi connectivity index (χ1) is 11.2. The topological polar surface area (TPSA) is 60.7 Å². The van der Waals surface area contributed by atoms with Crippen LogP contribution in [0.25, 0.3) is 0 Å². The fraction of sp³-hybridized carbons (Fsp3) is 1.00. The zero-order valence-electron chi connectivity index (χ0n) is 15.7.